The minimum absolute atomic E-state index is 0.148. The van der Waals surface area contributed by atoms with E-state index in [-0.39, 0.29) is 11.7 Å². The molecule has 0 aliphatic heterocycles. The molecule has 1 heterocycles. The lowest BCUT2D eigenvalue weighted by molar-refractivity contribution is 0.0940. The maximum atomic E-state index is 12.3. The maximum absolute atomic E-state index is 12.3. The quantitative estimate of drug-likeness (QED) is 0.791. The van der Waals surface area contributed by atoms with Crippen molar-refractivity contribution >= 4 is 17.5 Å². The maximum Gasteiger partial charge on any atom is 0.291 e. The van der Waals surface area contributed by atoms with Gasteiger partial charge in [0, 0.05) is 11.6 Å². The zero-order chi connectivity index (χ0) is 17.1. The summed E-state index contributed by atoms with van der Waals surface area (Å²) < 4.78 is 1.62. The van der Waals surface area contributed by atoms with Gasteiger partial charge in [-0.2, -0.15) is 0 Å². The van der Waals surface area contributed by atoms with E-state index < -0.39 is 0 Å². The Balaban J connectivity index is 1.72. The first kappa shape index (κ1) is 16.2. The minimum atomic E-state index is -0.300. The van der Waals surface area contributed by atoms with Crippen molar-refractivity contribution in [2.75, 3.05) is 0 Å². The van der Waals surface area contributed by atoms with Crippen LogP contribution in [0.4, 0.5) is 0 Å². The molecule has 5 nitrogen and oxygen atoms in total. The van der Waals surface area contributed by atoms with Gasteiger partial charge in [0.1, 0.15) is 5.82 Å². The average molecular weight is 341 g/mol. The van der Waals surface area contributed by atoms with Gasteiger partial charge >= 0.3 is 0 Å². The summed E-state index contributed by atoms with van der Waals surface area (Å²) in [5.41, 5.74) is 3.02. The van der Waals surface area contributed by atoms with Crippen molar-refractivity contribution in [2.45, 2.75) is 20.4 Å². The smallest absolute Gasteiger partial charge is 0.291 e. The molecular formula is C18H17ClN4O. The molecule has 1 aromatic heterocycles. The van der Waals surface area contributed by atoms with Crippen molar-refractivity contribution in [3.8, 4) is 5.69 Å². The monoisotopic (exact) mass is 340 g/mol. The number of aryl methyl sites for hydroxylation is 2. The van der Waals surface area contributed by atoms with Crippen molar-refractivity contribution < 1.29 is 4.79 Å². The van der Waals surface area contributed by atoms with Gasteiger partial charge in [0.05, 0.1) is 5.69 Å². The Morgan fingerprint density at radius 2 is 1.75 bits per heavy atom. The summed E-state index contributed by atoms with van der Waals surface area (Å²) >= 11 is 5.89. The summed E-state index contributed by atoms with van der Waals surface area (Å²) in [4.78, 5) is 16.5. The number of hydrogen-bond donors (Lipinski definition) is 1. The molecule has 0 fully saturated rings. The molecular weight excluding hydrogens is 324 g/mol. The Morgan fingerprint density at radius 3 is 2.42 bits per heavy atom. The second-order valence-electron chi connectivity index (χ2n) is 5.54. The molecule has 0 unspecified atom stereocenters. The van der Waals surface area contributed by atoms with Gasteiger partial charge in [-0.05, 0) is 43.7 Å². The molecule has 0 atom stereocenters. The molecule has 1 N–H and O–H groups in total. The molecule has 24 heavy (non-hydrogen) atoms. The molecule has 1 amide bonds. The van der Waals surface area contributed by atoms with Crippen LogP contribution in [0.5, 0.6) is 0 Å². The van der Waals surface area contributed by atoms with Crippen LogP contribution in [-0.2, 0) is 6.54 Å². The van der Waals surface area contributed by atoms with Gasteiger partial charge in [-0.3, -0.25) is 4.79 Å². The van der Waals surface area contributed by atoms with Gasteiger partial charge in [-0.1, -0.05) is 41.4 Å². The number of benzene rings is 2. The molecule has 122 valence electrons. The minimum Gasteiger partial charge on any atom is -0.345 e. The summed E-state index contributed by atoms with van der Waals surface area (Å²) in [5, 5.41) is 7.77. The summed E-state index contributed by atoms with van der Waals surface area (Å²) in [7, 11) is 0. The Hall–Kier alpha value is -2.66. The van der Waals surface area contributed by atoms with Crippen LogP contribution in [0.15, 0.2) is 48.5 Å². The summed E-state index contributed by atoms with van der Waals surface area (Å²) in [6.07, 6.45) is 0. The summed E-state index contributed by atoms with van der Waals surface area (Å²) in [6, 6.07) is 15.2. The first-order valence-corrected chi connectivity index (χ1v) is 7.94. The Morgan fingerprint density at radius 1 is 1.08 bits per heavy atom. The Labute approximate surface area is 145 Å². The van der Waals surface area contributed by atoms with Gasteiger partial charge < -0.3 is 5.32 Å². The van der Waals surface area contributed by atoms with Crippen LogP contribution in [0.3, 0.4) is 0 Å². The molecule has 0 bridgehead atoms. The number of rotatable bonds is 4. The van der Waals surface area contributed by atoms with E-state index in [0.29, 0.717) is 17.4 Å². The molecule has 0 spiro atoms. The van der Waals surface area contributed by atoms with Crippen LogP contribution in [0, 0.1) is 13.8 Å². The molecule has 0 aliphatic rings. The second-order valence-corrected chi connectivity index (χ2v) is 5.98. The third kappa shape index (κ3) is 3.63. The number of carbonyl (C=O) groups is 1. The highest BCUT2D eigenvalue weighted by molar-refractivity contribution is 6.30. The first-order valence-electron chi connectivity index (χ1n) is 7.56. The van der Waals surface area contributed by atoms with E-state index in [9.17, 15) is 4.79 Å². The highest BCUT2D eigenvalue weighted by Gasteiger charge is 2.15. The van der Waals surface area contributed by atoms with E-state index in [2.05, 4.69) is 15.4 Å². The van der Waals surface area contributed by atoms with Crippen molar-refractivity contribution in [3.05, 3.63) is 76.3 Å². The van der Waals surface area contributed by atoms with E-state index >= 15 is 0 Å². The lowest BCUT2D eigenvalue weighted by Gasteiger charge is -2.03. The predicted molar refractivity (Wildman–Crippen MR) is 93.5 cm³/mol. The van der Waals surface area contributed by atoms with E-state index in [1.165, 1.54) is 5.56 Å². The first-order chi connectivity index (χ1) is 11.5. The van der Waals surface area contributed by atoms with Crippen LogP contribution in [0.1, 0.15) is 27.6 Å². The highest BCUT2D eigenvalue weighted by atomic mass is 35.5. The van der Waals surface area contributed by atoms with Crippen LogP contribution in [-0.4, -0.2) is 20.7 Å². The van der Waals surface area contributed by atoms with Gasteiger partial charge in [-0.25, -0.2) is 9.67 Å². The zero-order valence-electron chi connectivity index (χ0n) is 13.5. The van der Waals surface area contributed by atoms with Crippen molar-refractivity contribution in [2.24, 2.45) is 0 Å². The molecule has 0 saturated heterocycles. The zero-order valence-corrected chi connectivity index (χ0v) is 14.2. The SMILES string of the molecule is Cc1ccc(CNC(=O)c2nc(C)n(-c3ccc(Cl)cc3)n2)cc1. The number of nitrogens with zero attached hydrogens (tertiary/aromatic N) is 3. The second kappa shape index (κ2) is 6.84. The number of halogens is 1. The number of hydrogen-bond acceptors (Lipinski definition) is 3. The summed E-state index contributed by atoms with van der Waals surface area (Å²) in [6.45, 7) is 4.27. The Kier molecular flexibility index (Phi) is 4.62. The molecule has 3 aromatic rings. The fourth-order valence-corrected chi connectivity index (χ4v) is 2.41. The van der Waals surface area contributed by atoms with Gasteiger partial charge in [0.25, 0.3) is 5.91 Å². The summed E-state index contributed by atoms with van der Waals surface area (Å²) in [5.74, 6) is 0.485. The Bertz CT molecular complexity index is 854. The largest absolute Gasteiger partial charge is 0.345 e. The lowest BCUT2D eigenvalue weighted by Crippen LogP contribution is -2.24. The van der Waals surface area contributed by atoms with Crippen molar-refractivity contribution in [1.82, 2.24) is 20.1 Å². The van der Waals surface area contributed by atoms with E-state index in [4.69, 9.17) is 11.6 Å². The topological polar surface area (TPSA) is 59.8 Å². The number of amides is 1. The fourth-order valence-electron chi connectivity index (χ4n) is 2.28. The molecule has 3 rings (SSSR count). The molecule has 0 aliphatic carbocycles. The van der Waals surface area contributed by atoms with E-state index in [1.54, 1.807) is 23.7 Å². The third-order valence-electron chi connectivity index (χ3n) is 3.62. The van der Waals surface area contributed by atoms with Gasteiger partial charge in [-0.15, -0.1) is 5.10 Å². The van der Waals surface area contributed by atoms with Crippen LogP contribution < -0.4 is 5.32 Å². The van der Waals surface area contributed by atoms with Crippen LogP contribution in [0.25, 0.3) is 5.69 Å². The predicted octanol–water partition coefficient (Wildman–Crippen LogP) is 3.47. The number of aromatic nitrogens is 3. The van der Waals surface area contributed by atoms with Crippen molar-refractivity contribution in [3.63, 3.8) is 0 Å². The average Bonchev–Trinajstić information content (AvgIpc) is 2.97. The molecule has 0 saturated carbocycles. The third-order valence-corrected chi connectivity index (χ3v) is 3.87. The molecule has 6 heteroatoms. The lowest BCUT2D eigenvalue weighted by atomic mass is 10.1. The van der Waals surface area contributed by atoms with Crippen molar-refractivity contribution in [1.29, 1.82) is 0 Å². The number of carbonyl (C=O) groups excluding carboxylic acids is 1. The van der Waals surface area contributed by atoms with E-state index in [0.717, 1.165) is 11.3 Å². The fraction of sp³-hybridized carbons (Fsp3) is 0.167. The van der Waals surface area contributed by atoms with Crippen LogP contribution in [0.2, 0.25) is 5.02 Å². The molecule has 0 radical (unpaired) electrons. The van der Waals surface area contributed by atoms with E-state index in [1.807, 2.05) is 43.3 Å². The van der Waals surface area contributed by atoms with Gasteiger partial charge in [0.2, 0.25) is 5.82 Å². The molecule has 2 aromatic carbocycles. The number of nitrogens with one attached hydrogen (secondary N) is 1. The van der Waals surface area contributed by atoms with Gasteiger partial charge in [0.15, 0.2) is 0 Å². The van der Waals surface area contributed by atoms with Crippen LogP contribution >= 0.6 is 11.6 Å². The normalized spacial score (nSPS) is 10.6. The highest BCUT2D eigenvalue weighted by Crippen LogP contribution is 2.14. The standard InChI is InChI=1S/C18H17ClN4O/c1-12-3-5-14(6-4-12)11-20-18(24)17-21-13(2)23(22-17)16-9-7-15(19)8-10-16/h3-10H,11H2,1-2H3,(H,20,24).